The van der Waals surface area contributed by atoms with Crippen LogP contribution < -0.4 is 20.4 Å². The van der Waals surface area contributed by atoms with Crippen LogP contribution in [0.1, 0.15) is 83.0 Å². The van der Waals surface area contributed by atoms with Gasteiger partial charge in [0.15, 0.2) is 0 Å². The Labute approximate surface area is 262 Å². The average molecular weight is 631 g/mol. The fourth-order valence-electron chi connectivity index (χ4n) is 5.67. The van der Waals surface area contributed by atoms with Gasteiger partial charge in [-0.05, 0) is 38.5 Å². The Bertz CT molecular complexity index is 1620. The number of amides is 4. The summed E-state index contributed by atoms with van der Waals surface area (Å²) in [5, 5.41) is 26.9. The maximum absolute atomic E-state index is 12.6. The number of anilines is 2. The molecule has 2 atom stereocenters. The van der Waals surface area contributed by atoms with Gasteiger partial charge in [-0.1, -0.05) is 0 Å². The normalized spacial score (nSPS) is 21.0. The first kappa shape index (κ1) is 29.3. The van der Waals surface area contributed by atoms with E-state index in [4.69, 9.17) is 0 Å². The molecule has 0 spiro atoms. The summed E-state index contributed by atoms with van der Waals surface area (Å²) in [5.41, 5.74) is 2.12. The Kier molecular flexibility index (Phi) is 7.53. The quantitative estimate of drug-likeness (QED) is 0.225. The molecule has 4 aliphatic rings. The number of aromatic amines is 2. The van der Waals surface area contributed by atoms with Crippen LogP contribution in [0.3, 0.4) is 0 Å². The molecule has 2 saturated carbocycles. The number of hydrogen-bond donors (Lipinski definition) is 4. The van der Waals surface area contributed by atoms with E-state index in [-0.39, 0.29) is 23.5 Å². The number of likely N-dealkylation sites (N-methyl/N-ethyl adjacent to an activating group) is 2. The number of aromatic nitrogens is 10. The molecule has 4 aromatic heterocycles. The zero-order valence-electron chi connectivity index (χ0n) is 25.4. The van der Waals surface area contributed by atoms with E-state index in [1.165, 1.54) is 38.3 Å². The topological polar surface area (TPSA) is 218 Å². The minimum absolute atomic E-state index is 0.0958. The first-order chi connectivity index (χ1) is 22.3. The lowest BCUT2D eigenvalue weighted by molar-refractivity contribution is -0.120. The summed E-state index contributed by atoms with van der Waals surface area (Å²) in [4.78, 5) is 60.1. The van der Waals surface area contributed by atoms with E-state index in [2.05, 4.69) is 51.2 Å². The second-order valence-corrected chi connectivity index (χ2v) is 11.9. The summed E-state index contributed by atoms with van der Waals surface area (Å²) in [5.74, 6) is 1.66. The van der Waals surface area contributed by atoms with Crippen molar-refractivity contribution in [3.05, 3.63) is 47.8 Å². The van der Waals surface area contributed by atoms with Gasteiger partial charge in [-0.25, -0.2) is 19.3 Å². The van der Waals surface area contributed by atoms with Crippen LogP contribution in [-0.2, 0) is 22.7 Å². The third-order valence-electron chi connectivity index (χ3n) is 8.62. The van der Waals surface area contributed by atoms with Crippen molar-refractivity contribution in [1.29, 1.82) is 0 Å². The third-order valence-corrected chi connectivity index (χ3v) is 8.62. The van der Waals surface area contributed by atoms with Gasteiger partial charge in [-0.15, -0.1) is 0 Å². The van der Waals surface area contributed by atoms with Crippen LogP contribution in [0.5, 0.6) is 0 Å². The minimum Gasteiger partial charge on any atom is -0.337 e. The monoisotopic (exact) mass is 630 g/mol. The summed E-state index contributed by atoms with van der Waals surface area (Å²) in [6.07, 6.45) is 8.17. The van der Waals surface area contributed by atoms with Crippen LogP contribution in [0.4, 0.5) is 11.6 Å². The van der Waals surface area contributed by atoms with Crippen molar-refractivity contribution in [1.82, 2.24) is 60.6 Å². The first-order valence-electron chi connectivity index (χ1n) is 15.3. The van der Waals surface area contributed by atoms with Crippen LogP contribution in [0.25, 0.3) is 0 Å². The van der Waals surface area contributed by atoms with E-state index in [0.717, 1.165) is 23.0 Å². The molecule has 18 heteroatoms. The Balaban J connectivity index is 0.000000147. The van der Waals surface area contributed by atoms with Gasteiger partial charge in [0.05, 0.1) is 11.4 Å². The van der Waals surface area contributed by atoms with Crippen molar-refractivity contribution in [3.8, 4) is 0 Å². The number of fused-ring (bicyclic) bond motifs is 2. The van der Waals surface area contributed by atoms with Crippen molar-refractivity contribution < 1.29 is 19.2 Å². The zero-order chi connectivity index (χ0) is 31.9. The van der Waals surface area contributed by atoms with E-state index in [1.807, 2.05) is 21.5 Å². The number of carbonyl (C=O) groups is 4. The fourth-order valence-corrected chi connectivity index (χ4v) is 5.67. The summed E-state index contributed by atoms with van der Waals surface area (Å²) in [6.45, 7) is 1.17. The number of nitrogens with one attached hydrogen (secondary N) is 4. The van der Waals surface area contributed by atoms with Crippen LogP contribution in [0.15, 0.2) is 24.8 Å². The molecule has 18 nitrogen and oxygen atoms in total. The maximum atomic E-state index is 12.6. The molecule has 0 bridgehead atoms. The van der Waals surface area contributed by atoms with Crippen molar-refractivity contribution in [3.63, 3.8) is 0 Å². The van der Waals surface area contributed by atoms with Crippen LogP contribution in [0.2, 0.25) is 0 Å². The number of H-pyrrole nitrogens is 2. The molecule has 2 fully saturated rings. The highest BCUT2D eigenvalue weighted by atomic mass is 16.2. The second-order valence-electron chi connectivity index (χ2n) is 11.9. The first-order valence-corrected chi connectivity index (χ1v) is 15.3. The number of hydrogen-bond acceptors (Lipinski definition) is 10. The van der Waals surface area contributed by atoms with Gasteiger partial charge < -0.3 is 10.6 Å². The molecule has 4 aromatic rings. The van der Waals surface area contributed by atoms with Gasteiger partial charge in [0.25, 0.3) is 23.6 Å². The molecule has 0 saturated heterocycles. The smallest absolute Gasteiger partial charge is 0.289 e. The maximum Gasteiger partial charge on any atom is 0.289 e. The van der Waals surface area contributed by atoms with E-state index in [0.29, 0.717) is 37.8 Å². The van der Waals surface area contributed by atoms with Gasteiger partial charge in [0, 0.05) is 51.2 Å². The molecule has 46 heavy (non-hydrogen) atoms. The summed E-state index contributed by atoms with van der Waals surface area (Å²) in [7, 11) is 3.43. The molecule has 6 heterocycles. The summed E-state index contributed by atoms with van der Waals surface area (Å²) in [6, 6.07) is 2.75. The Morgan fingerprint density at radius 2 is 1.11 bits per heavy atom. The van der Waals surface area contributed by atoms with Gasteiger partial charge in [0.1, 0.15) is 36.4 Å². The molecule has 4 amide bonds. The Morgan fingerprint density at radius 1 is 0.696 bits per heavy atom. The van der Waals surface area contributed by atoms with Crippen molar-refractivity contribution in [2.45, 2.75) is 75.5 Å². The number of nitrogens with zero attached hydrogens (tertiary/aromatic N) is 10. The fraction of sp³-hybridized carbons (Fsp3) is 0.500. The van der Waals surface area contributed by atoms with Gasteiger partial charge in [-0.2, -0.15) is 20.4 Å². The van der Waals surface area contributed by atoms with E-state index < -0.39 is 23.9 Å². The zero-order valence-corrected chi connectivity index (χ0v) is 25.4. The van der Waals surface area contributed by atoms with E-state index in [1.54, 1.807) is 23.9 Å². The van der Waals surface area contributed by atoms with Gasteiger partial charge in [0.2, 0.25) is 11.6 Å². The second kappa shape index (κ2) is 11.8. The Hall–Kier alpha value is -5.42. The highest BCUT2D eigenvalue weighted by Crippen LogP contribution is 2.41. The molecule has 2 aliphatic heterocycles. The summed E-state index contributed by atoms with van der Waals surface area (Å²) >= 11 is 0. The Morgan fingerprint density at radius 3 is 1.46 bits per heavy atom. The number of rotatable bonds is 6. The predicted molar refractivity (Wildman–Crippen MR) is 160 cm³/mol. The molecule has 2 aliphatic carbocycles. The lowest BCUT2D eigenvalue weighted by atomic mass is 10.2. The molecular weight excluding hydrogens is 596 g/mol. The minimum atomic E-state index is -0.608. The van der Waals surface area contributed by atoms with Crippen LogP contribution in [0, 0.1) is 0 Å². The molecule has 4 N–H and O–H groups in total. The molecule has 8 rings (SSSR count). The molecule has 0 radical (unpaired) electrons. The largest absolute Gasteiger partial charge is 0.337 e. The van der Waals surface area contributed by atoms with Crippen LogP contribution in [-0.4, -0.2) is 99.7 Å². The van der Waals surface area contributed by atoms with Crippen molar-refractivity contribution in [2.75, 3.05) is 23.9 Å². The predicted octanol–water partition coefficient (Wildman–Crippen LogP) is 0.0874. The number of aryl methyl sites for hydroxylation is 2. The molecule has 0 unspecified atom stereocenters. The van der Waals surface area contributed by atoms with E-state index >= 15 is 0 Å². The summed E-state index contributed by atoms with van der Waals surface area (Å²) < 4.78 is 3.71. The average Bonchev–Trinajstić information content (AvgIpc) is 3.83. The van der Waals surface area contributed by atoms with Gasteiger partial charge in [-0.3, -0.25) is 39.2 Å². The van der Waals surface area contributed by atoms with Crippen LogP contribution >= 0.6 is 0 Å². The lowest BCUT2D eigenvalue weighted by Gasteiger charge is -2.20. The molecular formula is C28H34N14O4. The molecule has 0 aromatic carbocycles. The van der Waals surface area contributed by atoms with Crippen molar-refractivity contribution in [2.24, 2.45) is 0 Å². The SMILES string of the molecule is CN1C(=O)[C@@H](NC(=O)c2ncn[nH]2)CCn2nc(C3CC3)cc21.CN1C(=O)[C@H](NC(=O)c2ncn[nH]2)CCn2nc(C3CC3)cc21. The third kappa shape index (κ3) is 5.84. The van der Waals surface area contributed by atoms with Gasteiger partial charge >= 0.3 is 0 Å². The standard InChI is InChI=1S/2C14H17N7O2/c2*1-20-11-6-10(8-2-3-8)19-21(11)5-4-9(14(20)23)17-13(22)12-15-7-16-18-12/h2*6-9H,2-5H2,1H3,(H,17,22)(H,15,16,18)/t2*9-/m10/s1. The highest BCUT2D eigenvalue weighted by Gasteiger charge is 2.35. The van der Waals surface area contributed by atoms with Crippen molar-refractivity contribution >= 4 is 35.3 Å². The molecule has 240 valence electrons. The van der Waals surface area contributed by atoms with E-state index in [9.17, 15) is 19.2 Å². The number of carbonyl (C=O) groups excluding carboxylic acids is 4. The highest BCUT2D eigenvalue weighted by molar-refractivity contribution is 6.01. The lowest BCUT2D eigenvalue weighted by Crippen LogP contribution is -2.47.